The molecule has 0 N–H and O–H groups in total. The Hall–Kier alpha value is -2.90. The molecule has 0 amide bonds. The topological polar surface area (TPSA) is 75.5 Å². The summed E-state index contributed by atoms with van der Waals surface area (Å²) in [6, 6.07) is 16.9. The van der Waals surface area contributed by atoms with E-state index in [9.17, 15) is 9.12 Å². The number of aromatic nitrogens is 2. The fourth-order valence-corrected chi connectivity index (χ4v) is 4.86. The summed E-state index contributed by atoms with van der Waals surface area (Å²) in [4.78, 5) is 21.2. The van der Waals surface area contributed by atoms with Crippen LogP contribution in [0.1, 0.15) is 102 Å². The quantitative estimate of drug-likeness (QED) is 0.203. The molecule has 0 spiro atoms. The van der Waals surface area contributed by atoms with E-state index >= 15 is 0 Å². The minimum atomic E-state index is -2.13. The van der Waals surface area contributed by atoms with Gasteiger partial charge in [0, 0.05) is 46.5 Å². The molecule has 6 nitrogen and oxygen atoms in total. The molecule has 4 rings (SSSR count). The number of nitroso groups, excluding NO2 is 1. The molecule has 7 heteroatoms. The largest absolute Gasteiger partial charge is 0.294 e. The highest BCUT2D eigenvalue weighted by Gasteiger charge is 2.24. The van der Waals surface area contributed by atoms with Gasteiger partial charge in [-0.25, -0.2) is 4.98 Å². The van der Waals surface area contributed by atoms with E-state index in [1.54, 1.807) is 18.5 Å². The maximum absolute atomic E-state index is 11.3. The lowest BCUT2D eigenvalue weighted by atomic mass is 9.88. The molecule has 244 valence electrons. The van der Waals surface area contributed by atoms with E-state index < -0.39 is 9.52 Å². The highest BCUT2D eigenvalue weighted by Crippen LogP contribution is 2.23. The van der Waals surface area contributed by atoms with E-state index in [0.717, 1.165) is 31.0 Å². The van der Waals surface area contributed by atoms with Gasteiger partial charge in [-0.1, -0.05) is 103 Å². The predicted molar refractivity (Wildman–Crippen MR) is 191 cm³/mol. The third kappa shape index (κ3) is 15.7. The van der Waals surface area contributed by atoms with Crippen LogP contribution < -0.4 is 0 Å². The molecule has 1 aromatic carbocycles. The standard InChI is InChI=1S/C13H18N2O.C12H19N.C8H11NOS.C4H10/c1-11-4-6-12(7-5-11)10-15-8-2-3-13(15)9-14-16;1-9(2)11-7-6-10(8-13-11)12(3,4)5;1-7-4-5-8(9-6-7)11(2,3)10;1-4(2)3/h4-7,13H,2-3,8-10H2,1H3;6-9H,1-5H3;4-6H,2H2,1,3H3;4H,1-3H3. The van der Waals surface area contributed by atoms with E-state index in [1.807, 2.05) is 19.2 Å². The van der Waals surface area contributed by atoms with Crippen molar-refractivity contribution in [2.75, 3.05) is 19.3 Å². The maximum Gasteiger partial charge on any atom is 0.118 e. The van der Waals surface area contributed by atoms with Gasteiger partial charge in [0.1, 0.15) is 5.03 Å². The number of nitrogens with zero attached hydrogens (tertiary/aromatic N) is 4. The first kappa shape index (κ1) is 39.1. The number of pyridine rings is 2. The van der Waals surface area contributed by atoms with Crippen molar-refractivity contribution in [1.29, 1.82) is 0 Å². The van der Waals surface area contributed by atoms with E-state index in [-0.39, 0.29) is 5.41 Å². The van der Waals surface area contributed by atoms with Crippen molar-refractivity contribution in [3.63, 3.8) is 0 Å². The second kappa shape index (κ2) is 18.8. The number of benzene rings is 1. The van der Waals surface area contributed by atoms with Crippen LogP contribution in [0.15, 0.2) is 71.1 Å². The summed E-state index contributed by atoms with van der Waals surface area (Å²) in [5.74, 6) is 4.89. The van der Waals surface area contributed by atoms with Crippen molar-refractivity contribution in [1.82, 2.24) is 14.9 Å². The first-order chi connectivity index (χ1) is 20.4. The lowest BCUT2D eigenvalue weighted by Crippen LogP contribution is -2.30. The van der Waals surface area contributed by atoms with Gasteiger partial charge in [0.2, 0.25) is 0 Å². The van der Waals surface area contributed by atoms with Gasteiger partial charge < -0.3 is 0 Å². The number of likely N-dealkylation sites (tertiary alicyclic amines) is 1. The molecule has 1 aliphatic heterocycles. The Labute approximate surface area is 269 Å². The van der Waals surface area contributed by atoms with Crippen LogP contribution in [0, 0.1) is 24.7 Å². The van der Waals surface area contributed by atoms with Gasteiger partial charge in [-0.15, -0.1) is 0 Å². The SMILES string of the molecule is C=S(C)(=O)c1ccc(C)cn1.CC(C)C.CC(C)c1ccc(C(C)(C)C)cn1.Cc1ccc(CN2CCCC2CN=O)cc1. The number of hydrogen-bond donors (Lipinski definition) is 0. The Balaban J connectivity index is 0.000000316. The normalized spacial score (nSPS) is 16.1. The first-order valence-corrected chi connectivity index (χ1v) is 17.9. The molecular weight excluding hydrogens is 565 g/mol. The van der Waals surface area contributed by atoms with Crippen LogP contribution in [0.25, 0.3) is 0 Å². The zero-order chi connectivity index (χ0) is 33.5. The second-order valence-electron chi connectivity index (χ2n) is 13.9. The predicted octanol–water partition coefficient (Wildman–Crippen LogP) is 8.99. The Morgan fingerprint density at radius 1 is 0.932 bits per heavy atom. The van der Waals surface area contributed by atoms with Gasteiger partial charge in [0.15, 0.2) is 0 Å². The highest BCUT2D eigenvalue weighted by molar-refractivity contribution is 7.99. The molecule has 0 bridgehead atoms. The van der Waals surface area contributed by atoms with Crippen LogP contribution in [0.5, 0.6) is 0 Å². The molecule has 0 aliphatic carbocycles. The summed E-state index contributed by atoms with van der Waals surface area (Å²) in [5, 5.41) is 3.60. The Morgan fingerprint density at radius 2 is 1.52 bits per heavy atom. The third-order valence-corrected chi connectivity index (χ3v) is 7.99. The molecule has 44 heavy (non-hydrogen) atoms. The van der Waals surface area contributed by atoms with Crippen molar-refractivity contribution in [3.8, 4) is 0 Å². The average Bonchev–Trinajstić information content (AvgIpc) is 3.36. The van der Waals surface area contributed by atoms with Crippen molar-refractivity contribution in [2.24, 2.45) is 11.1 Å². The van der Waals surface area contributed by atoms with E-state index in [2.05, 4.69) is 125 Å². The average molecular weight is 623 g/mol. The lowest BCUT2D eigenvalue weighted by molar-refractivity contribution is 0.250. The lowest BCUT2D eigenvalue weighted by Gasteiger charge is -2.22. The van der Waals surface area contributed by atoms with Crippen molar-refractivity contribution >= 4 is 15.4 Å². The van der Waals surface area contributed by atoms with Crippen LogP contribution in [0.2, 0.25) is 0 Å². The summed E-state index contributed by atoms with van der Waals surface area (Å²) >= 11 is 0. The summed E-state index contributed by atoms with van der Waals surface area (Å²) in [5.41, 5.74) is 6.37. The number of rotatable bonds is 6. The summed E-state index contributed by atoms with van der Waals surface area (Å²) in [7, 11) is -2.13. The summed E-state index contributed by atoms with van der Waals surface area (Å²) in [6.07, 6.45) is 7.58. The van der Waals surface area contributed by atoms with Crippen LogP contribution in [-0.4, -0.2) is 50.3 Å². The zero-order valence-corrected chi connectivity index (χ0v) is 30.1. The van der Waals surface area contributed by atoms with Crippen LogP contribution in [-0.2, 0) is 21.5 Å². The number of aryl methyl sites for hydroxylation is 2. The smallest absolute Gasteiger partial charge is 0.118 e. The van der Waals surface area contributed by atoms with Gasteiger partial charge in [0.05, 0.1) is 6.54 Å². The Bertz CT molecular complexity index is 1320. The van der Waals surface area contributed by atoms with Gasteiger partial charge in [-0.3, -0.25) is 14.1 Å². The maximum atomic E-state index is 11.3. The number of hydrogen-bond acceptors (Lipinski definition) is 6. The highest BCUT2D eigenvalue weighted by atomic mass is 32.2. The molecule has 2 atom stereocenters. The molecule has 3 heterocycles. The molecule has 1 saturated heterocycles. The Kier molecular flexibility index (Phi) is 16.7. The van der Waals surface area contributed by atoms with Crippen molar-refractivity contribution < 1.29 is 4.21 Å². The fraction of sp³-hybridized carbons (Fsp3) is 0.541. The van der Waals surface area contributed by atoms with Crippen LogP contribution in [0.4, 0.5) is 0 Å². The third-order valence-electron chi connectivity index (χ3n) is 6.86. The fourth-order valence-electron chi connectivity index (χ4n) is 4.22. The van der Waals surface area contributed by atoms with E-state index in [1.165, 1.54) is 28.8 Å². The molecule has 0 radical (unpaired) electrons. The van der Waals surface area contributed by atoms with E-state index in [0.29, 0.717) is 23.5 Å². The minimum absolute atomic E-state index is 0.211. The molecule has 2 aromatic heterocycles. The minimum Gasteiger partial charge on any atom is -0.294 e. The Morgan fingerprint density at radius 3 is 1.95 bits per heavy atom. The molecule has 1 fully saturated rings. The van der Waals surface area contributed by atoms with Gasteiger partial charge in [0.25, 0.3) is 0 Å². The monoisotopic (exact) mass is 622 g/mol. The van der Waals surface area contributed by atoms with Crippen LogP contribution in [0.3, 0.4) is 0 Å². The van der Waals surface area contributed by atoms with Crippen LogP contribution >= 0.6 is 0 Å². The molecule has 2 unspecified atom stereocenters. The second-order valence-corrected chi connectivity index (χ2v) is 16.3. The first-order valence-electron chi connectivity index (χ1n) is 15.7. The van der Waals surface area contributed by atoms with Gasteiger partial charge in [-0.05, 0) is 85.2 Å². The molecule has 1 aliphatic rings. The van der Waals surface area contributed by atoms with Gasteiger partial charge in [-0.2, -0.15) is 4.91 Å². The van der Waals surface area contributed by atoms with Crippen molar-refractivity contribution in [2.45, 2.75) is 111 Å². The van der Waals surface area contributed by atoms with Gasteiger partial charge >= 0.3 is 0 Å². The summed E-state index contributed by atoms with van der Waals surface area (Å²) < 4.78 is 11.3. The zero-order valence-electron chi connectivity index (χ0n) is 29.3. The molecule has 3 aromatic rings. The summed E-state index contributed by atoms with van der Waals surface area (Å²) in [6.45, 7) is 24.0. The van der Waals surface area contributed by atoms with Crippen molar-refractivity contribution in [3.05, 3.63) is 93.8 Å². The molecule has 0 saturated carbocycles. The van der Waals surface area contributed by atoms with E-state index in [4.69, 9.17) is 0 Å². The molecular formula is C37H58N4O2S.